The van der Waals surface area contributed by atoms with Crippen LogP contribution >= 0.6 is 11.8 Å². The normalized spacial score (nSPS) is 30.3. The second kappa shape index (κ2) is 6.40. The number of rotatable bonds is 6. The van der Waals surface area contributed by atoms with Gasteiger partial charge in [0.25, 0.3) is 0 Å². The van der Waals surface area contributed by atoms with E-state index in [4.69, 9.17) is 0 Å². The molecule has 0 aromatic rings. The Kier molecular flexibility index (Phi) is 5.49. The van der Waals surface area contributed by atoms with Crippen LogP contribution in [0.15, 0.2) is 0 Å². The van der Waals surface area contributed by atoms with Gasteiger partial charge in [0.2, 0.25) is 0 Å². The zero-order valence-electron chi connectivity index (χ0n) is 9.88. The minimum absolute atomic E-state index is 0.203. The first-order chi connectivity index (χ1) is 7.29. The molecule has 1 N–H and O–H groups in total. The summed E-state index contributed by atoms with van der Waals surface area (Å²) in [5, 5.41) is 12.9. The second-order valence-electron chi connectivity index (χ2n) is 4.38. The summed E-state index contributed by atoms with van der Waals surface area (Å²) in [6.45, 7) is 3.13. The molecule has 86 valence electrons. The summed E-state index contributed by atoms with van der Waals surface area (Å²) in [5.74, 6) is 1.75. The Bertz CT molecular complexity index is 224. The van der Waals surface area contributed by atoms with Crippen LogP contribution in [0.5, 0.6) is 0 Å². The number of hydrogen-bond donors (Lipinski definition) is 1. The minimum atomic E-state index is -0.203. The van der Waals surface area contributed by atoms with Crippen LogP contribution in [0.4, 0.5) is 0 Å². The van der Waals surface area contributed by atoms with Crippen LogP contribution in [0.1, 0.15) is 39.0 Å². The highest BCUT2D eigenvalue weighted by Crippen LogP contribution is 2.38. The van der Waals surface area contributed by atoms with Gasteiger partial charge < -0.3 is 0 Å². The zero-order valence-corrected chi connectivity index (χ0v) is 10.7. The van der Waals surface area contributed by atoms with E-state index in [1.807, 2.05) is 11.8 Å². The molecule has 0 bridgehead atoms. The van der Waals surface area contributed by atoms with Crippen molar-refractivity contribution in [1.82, 2.24) is 5.32 Å². The maximum atomic E-state index is 9.39. The molecule has 1 saturated carbocycles. The molecule has 15 heavy (non-hydrogen) atoms. The molecular weight excluding hydrogens is 204 g/mol. The Labute approximate surface area is 97.8 Å². The maximum Gasteiger partial charge on any atom is 0.109 e. The monoisotopic (exact) mass is 226 g/mol. The Morgan fingerprint density at radius 1 is 1.60 bits per heavy atom. The van der Waals surface area contributed by atoms with Gasteiger partial charge in [-0.3, -0.25) is 5.32 Å². The first-order valence-corrected chi connectivity index (χ1v) is 7.33. The van der Waals surface area contributed by atoms with Crippen molar-refractivity contribution in [2.75, 3.05) is 18.6 Å². The fraction of sp³-hybridized carbons (Fsp3) is 0.917. The van der Waals surface area contributed by atoms with Crippen molar-refractivity contribution in [3.63, 3.8) is 0 Å². The van der Waals surface area contributed by atoms with Gasteiger partial charge in [-0.15, -0.1) is 0 Å². The number of hydrogen-bond acceptors (Lipinski definition) is 3. The Hall–Kier alpha value is -0.200. The van der Waals surface area contributed by atoms with Crippen LogP contribution in [-0.2, 0) is 0 Å². The van der Waals surface area contributed by atoms with Crippen molar-refractivity contribution < 1.29 is 0 Å². The standard InChI is InChI=1S/C12H22N2S/c1-3-8-14-12(10-13)7-4-5-11(12)6-9-15-2/h11,14H,3-9H2,1-2H3. The van der Waals surface area contributed by atoms with E-state index in [-0.39, 0.29) is 5.54 Å². The van der Waals surface area contributed by atoms with Gasteiger partial charge in [-0.25, -0.2) is 0 Å². The number of thioether (sulfide) groups is 1. The third kappa shape index (κ3) is 3.12. The van der Waals surface area contributed by atoms with Gasteiger partial charge in [-0.1, -0.05) is 13.3 Å². The molecule has 0 spiro atoms. The second-order valence-corrected chi connectivity index (χ2v) is 5.37. The summed E-state index contributed by atoms with van der Waals surface area (Å²) < 4.78 is 0. The number of nitrogens with one attached hydrogen (secondary N) is 1. The average molecular weight is 226 g/mol. The quantitative estimate of drug-likeness (QED) is 0.756. The van der Waals surface area contributed by atoms with Crippen molar-refractivity contribution in [2.45, 2.75) is 44.6 Å². The fourth-order valence-electron chi connectivity index (χ4n) is 2.50. The van der Waals surface area contributed by atoms with Gasteiger partial charge in [0.15, 0.2) is 0 Å². The SMILES string of the molecule is CCCNC1(C#N)CCCC1CCSC. The van der Waals surface area contributed by atoms with Crippen molar-refractivity contribution in [2.24, 2.45) is 5.92 Å². The Balaban J connectivity index is 2.56. The van der Waals surface area contributed by atoms with E-state index in [1.54, 1.807) is 0 Å². The van der Waals surface area contributed by atoms with Crippen molar-refractivity contribution in [3.05, 3.63) is 0 Å². The molecule has 0 aromatic heterocycles. The van der Waals surface area contributed by atoms with E-state index < -0.39 is 0 Å². The lowest BCUT2D eigenvalue weighted by molar-refractivity contribution is 0.311. The third-order valence-corrected chi connectivity index (χ3v) is 4.02. The van der Waals surface area contributed by atoms with Crippen LogP contribution in [0.25, 0.3) is 0 Å². The van der Waals surface area contributed by atoms with E-state index in [2.05, 4.69) is 24.6 Å². The topological polar surface area (TPSA) is 35.8 Å². The summed E-state index contributed by atoms with van der Waals surface area (Å²) in [4.78, 5) is 0. The Morgan fingerprint density at radius 2 is 2.40 bits per heavy atom. The van der Waals surface area contributed by atoms with E-state index in [1.165, 1.54) is 25.0 Å². The van der Waals surface area contributed by atoms with Crippen LogP contribution in [0.3, 0.4) is 0 Å². The molecule has 0 amide bonds. The number of nitriles is 1. The highest BCUT2D eigenvalue weighted by molar-refractivity contribution is 7.98. The van der Waals surface area contributed by atoms with Crippen LogP contribution in [0.2, 0.25) is 0 Å². The lowest BCUT2D eigenvalue weighted by Crippen LogP contribution is -2.47. The highest BCUT2D eigenvalue weighted by Gasteiger charge is 2.41. The predicted molar refractivity (Wildman–Crippen MR) is 67.0 cm³/mol. The molecule has 1 aliphatic rings. The van der Waals surface area contributed by atoms with Crippen molar-refractivity contribution in [1.29, 1.82) is 5.26 Å². The fourth-order valence-corrected chi connectivity index (χ4v) is 3.02. The molecule has 1 aliphatic carbocycles. The molecule has 1 rings (SSSR count). The smallest absolute Gasteiger partial charge is 0.109 e. The van der Waals surface area contributed by atoms with Crippen LogP contribution < -0.4 is 5.32 Å². The van der Waals surface area contributed by atoms with E-state index in [9.17, 15) is 5.26 Å². The zero-order chi connectivity index (χ0) is 11.1. The van der Waals surface area contributed by atoms with Crippen LogP contribution in [-0.4, -0.2) is 24.1 Å². The van der Waals surface area contributed by atoms with Gasteiger partial charge in [-0.05, 0) is 50.2 Å². The molecule has 2 nitrogen and oxygen atoms in total. The summed E-state index contributed by atoms with van der Waals surface area (Å²) in [6, 6.07) is 2.55. The molecule has 0 radical (unpaired) electrons. The van der Waals surface area contributed by atoms with Crippen molar-refractivity contribution >= 4 is 11.8 Å². The molecule has 3 heteroatoms. The first-order valence-electron chi connectivity index (χ1n) is 5.94. The molecule has 0 saturated heterocycles. The molecule has 2 unspecified atom stereocenters. The van der Waals surface area contributed by atoms with Gasteiger partial charge in [0.05, 0.1) is 6.07 Å². The summed E-state index contributed by atoms with van der Waals surface area (Å²) >= 11 is 1.89. The molecule has 0 aromatic carbocycles. The first kappa shape index (κ1) is 12.9. The summed E-state index contributed by atoms with van der Waals surface area (Å²) in [7, 11) is 0. The molecule has 1 fully saturated rings. The lowest BCUT2D eigenvalue weighted by Gasteiger charge is -2.29. The molecule has 0 heterocycles. The van der Waals surface area contributed by atoms with Gasteiger partial charge in [0.1, 0.15) is 5.54 Å². The minimum Gasteiger partial charge on any atom is -0.299 e. The Morgan fingerprint density at radius 3 is 3.00 bits per heavy atom. The van der Waals surface area contributed by atoms with Crippen molar-refractivity contribution in [3.8, 4) is 6.07 Å². The van der Waals surface area contributed by atoms with Gasteiger partial charge in [0, 0.05) is 0 Å². The third-order valence-electron chi connectivity index (χ3n) is 3.38. The highest BCUT2D eigenvalue weighted by atomic mass is 32.2. The number of nitrogens with zero attached hydrogens (tertiary/aromatic N) is 1. The van der Waals surface area contributed by atoms with E-state index in [0.29, 0.717) is 5.92 Å². The van der Waals surface area contributed by atoms with Gasteiger partial charge in [-0.2, -0.15) is 17.0 Å². The van der Waals surface area contributed by atoms with E-state index >= 15 is 0 Å². The van der Waals surface area contributed by atoms with E-state index in [0.717, 1.165) is 19.4 Å². The molecular formula is C12H22N2S. The molecule has 0 aliphatic heterocycles. The largest absolute Gasteiger partial charge is 0.299 e. The predicted octanol–water partition coefficient (Wildman–Crippen LogP) is 2.80. The van der Waals surface area contributed by atoms with Crippen LogP contribution in [0, 0.1) is 17.2 Å². The maximum absolute atomic E-state index is 9.39. The summed E-state index contributed by atoms with van der Waals surface area (Å²) in [5.41, 5.74) is -0.203. The summed E-state index contributed by atoms with van der Waals surface area (Å²) in [6.07, 6.45) is 7.92. The lowest BCUT2D eigenvalue weighted by atomic mass is 9.86. The average Bonchev–Trinajstić information content (AvgIpc) is 2.67. The molecule has 2 atom stereocenters. The van der Waals surface area contributed by atoms with Gasteiger partial charge >= 0.3 is 0 Å².